The Hall–Kier alpha value is -3.67. The maximum atomic E-state index is 12.7. The molecule has 0 aromatic rings. The summed E-state index contributed by atoms with van der Waals surface area (Å²) in [4.78, 5) is 37.7. The second-order valence-electron chi connectivity index (χ2n) is 14.9. The Labute approximate surface area is 356 Å². The predicted octanol–water partition coefficient (Wildman–Crippen LogP) is 15.0. The van der Waals surface area contributed by atoms with Gasteiger partial charge in [-0.15, -0.1) is 0 Å². The first kappa shape index (κ1) is 54.3. The maximum Gasteiger partial charge on any atom is 0.306 e. The third-order valence-electron chi connectivity index (χ3n) is 9.29. The molecule has 0 N–H and O–H groups in total. The van der Waals surface area contributed by atoms with Gasteiger partial charge in [0, 0.05) is 19.3 Å². The normalized spacial score (nSPS) is 12.9. The highest BCUT2D eigenvalue weighted by atomic mass is 16.6. The minimum atomic E-state index is -0.821. The minimum Gasteiger partial charge on any atom is -0.462 e. The van der Waals surface area contributed by atoms with Crippen molar-refractivity contribution < 1.29 is 28.6 Å². The first-order chi connectivity index (χ1) is 28.5. The summed E-state index contributed by atoms with van der Waals surface area (Å²) in [5.74, 6) is -1.04. The van der Waals surface area contributed by atoms with E-state index in [1.165, 1.54) is 51.4 Å². The Morgan fingerprint density at radius 1 is 0.362 bits per heavy atom. The highest BCUT2D eigenvalue weighted by Crippen LogP contribution is 2.11. The Kier molecular flexibility index (Phi) is 43.1. The monoisotopic (exact) mass is 805 g/mol. The Balaban J connectivity index is 4.52. The van der Waals surface area contributed by atoms with Gasteiger partial charge in [-0.25, -0.2) is 0 Å². The first-order valence-electron chi connectivity index (χ1n) is 23.2. The van der Waals surface area contributed by atoms with Crippen molar-refractivity contribution in [2.75, 3.05) is 13.2 Å². The maximum absolute atomic E-state index is 12.7. The lowest BCUT2D eigenvalue weighted by Gasteiger charge is -2.18. The molecule has 0 fully saturated rings. The fourth-order valence-corrected chi connectivity index (χ4v) is 5.80. The Bertz CT molecular complexity index is 1200. The van der Waals surface area contributed by atoms with Crippen LogP contribution >= 0.6 is 0 Å². The van der Waals surface area contributed by atoms with Crippen LogP contribution in [0.2, 0.25) is 0 Å². The molecule has 0 amide bonds. The van der Waals surface area contributed by atoms with Gasteiger partial charge in [-0.3, -0.25) is 14.4 Å². The molecule has 0 saturated heterocycles. The molecule has 0 aliphatic rings. The van der Waals surface area contributed by atoms with Crippen LogP contribution in [0.3, 0.4) is 0 Å². The van der Waals surface area contributed by atoms with E-state index >= 15 is 0 Å². The molecule has 0 spiro atoms. The third-order valence-corrected chi connectivity index (χ3v) is 9.29. The predicted molar refractivity (Wildman–Crippen MR) is 247 cm³/mol. The smallest absolute Gasteiger partial charge is 0.306 e. The highest BCUT2D eigenvalue weighted by molar-refractivity contribution is 5.71. The number of unbranched alkanes of at least 4 members (excludes halogenated alkanes) is 13. The van der Waals surface area contributed by atoms with Crippen molar-refractivity contribution >= 4 is 17.9 Å². The summed E-state index contributed by atoms with van der Waals surface area (Å²) < 4.78 is 16.6. The van der Waals surface area contributed by atoms with Crippen LogP contribution in [0.4, 0.5) is 0 Å². The second-order valence-corrected chi connectivity index (χ2v) is 14.9. The largest absolute Gasteiger partial charge is 0.462 e. The number of hydrogen-bond donors (Lipinski definition) is 0. The molecular weight excluding hydrogens is 721 g/mol. The summed E-state index contributed by atoms with van der Waals surface area (Å²) in [5.41, 5.74) is 0. The molecule has 328 valence electrons. The molecule has 0 heterocycles. The van der Waals surface area contributed by atoms with E-state index in [-0.39, 0.29) is 44.0 Å². The molecule has 0 saturated carbocycles. The number of carbonyl (C=O) groups excluding carboxylic acids is 3. The highest BCUT2D eigenvalue weighted by Gasteiger charge is 2.19. The van der Waals surface area contributed by atoms with Crippen molar-refractivity contribution in [1.82, 2.24) is 0 Å². The quantitative estimate of drug-likeness (QED) is 0.0266. The molecule has 0 aliphatic heterocycles. The van der Waals surface area contributed by atoms with E-state index in [1.807, 2.05) is 0 Å². The fourth-order valence-electron chi connectivity index (χ4n) is 5.80. The van der Waals surface area contributed by atoms with Gasteiger partial charge in [-0.05, 0) is 109 Å². The van der Waals surface area contributed by atoms with Gasteiger partial charge in [0.25, 0.3) is 0 Å². The van der Waals surface area contributed by atoms with Gasteiger partial charge in [-0.2, -0.15) is 0 Å². The molecule has 0 aromatic heterocycles. The number of esters is 3. The van der Waals surface area contributed by atoms with Crippen molar-refractivity contribution in [3.63, 3.8) is 0 Å². The van der Waals surface area contributed by atoms with E-state index in [0.717, 1.165) is 89.9 Å². The zero-order chi connectivity index (χ0) is 42.3. The SMILES string of the molecule is CC/C=C\C/C=C\C/C=C\CCCCCCC(=O)OC(COC(=O)CCC/C=C\C/C=C\C/C=C\C/C=C\CCCCC)COC(=O)CCC/C=C\CCCCCC. The van der Waals surface area contributed by atoms with E-state index in [4.69, 9.17) is 14.2 Å². The topological polar surface area (TPSA) is 78.9 Å². The summed E-state index contributed by atoms with van der Waals surface area (Å²) in [6, 6.07) is 0. The van der Waals surface area contributed by atoms with Gasteiger partial charge < -0.3 is 14.2 Å². The van der Waals surface area contributed by atoms with E-state index in [2.05, 4.69) is 118 Å². The van der Waals surface area contributed by atoms with Crippen molar-refractivity contribution in [1.29, 1.82) is 0 Å². The number of allylic oxidation sites excluding steroid dienone is 16. The summed E-state index contributed by atoms with van der Waals surface area (Å²) in [7, 11) is 0. The first-order valence-corrected chi connectivity index (χ1v) is 23.2. The Morgan fingerprint density at radius 3 is 1.14 bits per heavy atom. The zero-order valence-electron chi connectivity index (χ0n) is 37.3. The summed E-state index contributed by atoms with van der Waals surface area (Å²) in [6.07, 6.45) is 59.8. The van der Waals surface area contributed by atoms with Gasteiger partial charge in [-0.1, -0.05) is 163 Å². The molecule has 6 heteroatoms. The number of carbonyl (C=O) groups is 3. The molecule has 58 heavy (non-hydrogen) atoms. The lowest BCUT2D eigenvalue weighted by atomic mass is 10.1. The minimum absolute atomic E-state index is 0.121. The van der Waals surface area contributed by atoms with E-state index in [0.29, 0.717) is 19.3 Å². The average molecular weight is 805 g/mol. The molecule has 0 rings (SSSR count). The molecule has 1 unspecified atom stereocenters. The lowest BCUT2D eigenvalue weighted by Crippen LogP contribution is -2.30. The van der Waals surface area contributed by atoms with Gasteiger partial charge in [0.05, 0.1) is 0 Å². The van der Waals surface area contributed by atoms with E-state index in [9.17, 15) is 14.4 Å². The van der Waals surface area contributed by atoms with Crippen LogP contribution in [0, 0.1) is 0 Å². The average Bonchev–Trinajstić information content (AvgIpc) is 3.22. The van der Waals surface area contributed by atoms with Crippen molar-refractivity contribution in [3.8, 4) is 0 Å². The van der Waals surface area contributed by atoms with Crippen molar-refractivity contribution in [2.45, 2.75) is 200 Å². The molecule has 0 bridgehead atoms. The van der Waals surface area contributed by atoms with Gasteiger partial charge in [0.1, 0.15) is 13.2 Å². The van der Waals surface area contributed by atoms with E-state index in [1.54, 1.807) is 0 Å². The van der Waals surface area contributed by atoms with Gasteiger partial charge in [0.15, 0.2) is 6.10 Å². The van der Waals surface area contributed by atoms with Gasteiger partial charge in [0.2, 0.25) is 0 Å². The van der Waals surface area contributed by atoms with Crippen LogP contribution in [0.15, 0.2) is 97.2 Å². The lowest BCUT2D eigenvalue weighted by molar-refractivity contribution is -0.167. The van der Waals surface area contributed by atoms with Gasteiger partial charge >= 0.3 is 17.9 Å². The molecular formula is C52H84O6. The number of ether oxygens (including phenoxy) is 3. The standard InChI is InChI=1S/C52H84O6/c1-4-7-10-13-16-19-21-23-25-26-27-29-30-33-36-39-42-45-51(54)57-48-49(47-56-50(53)44-41-38-35-32-18-15-12-9-6-3)58-52(55)46-43-40-37-34-31-28-24-22-20-17-14-11-8-5-2/h8,11,16-17,19-20,23-25,27-29,32-33,35-36,49H,4-7,9-10,12-15,18,21-22,26,30-31,34,37-48H2,1-3H3/b11-8-,19-16-,20-17-,25-23-,28-24-,29-27-,35-32-,36-33-. The van der Waals surface area contributed by atoms with Crippen LogP contribution in [0.5, 0.6) is 0 Å². The van der Waals surface area contributed by atoms with Crippen molar-refractivity contribution in [2.24, 2.45) is 0 Å². The van der Waals surface area contributed by atoms with E-state index < -0.39 is 6.10 Å². The molecule has 0 aliphatic carbocycles. The van der Waals surface area contributed by atoms with Crippen LogP contribution in [0.25, 0.3) is 0 Å². The molecule has 0 aromatic carbocycles. The summed E-state index contributed by atoms with van der Waals surface area (Å²) in [5, 5.41) is 0. The van der Waals surface area contributed by atoms with Crippen LogP contribution < -0.4 is 0 Å². The van der Waals surface area contributed by atoms with Crippen LogP contribution in [-0.4, -0.2) is 37.2 Å². The number of rotatable bonds is 40. The summed E-state index contributed by atoms with van der Waals surface area (Å²) in [6.45, 7) is 6.34. The summed E-state index contributed by atoms with van der Waals surface area (Å²) >= 11 is 0. The second kappa shape index (κ2) is 46.0. The molecule has 6 nitrogen and oxygen atoms in total. The third kappa shape index (κ3) is 43.5. The molecule has 0 radical (unpaired) electrons. The number of hydrogen-bond acceptors (Lipinski definition) is 6. The van der Waals surface area contributed by atoms with Crippen molar-refractivity contribution in [3.05, 3.63) is 97.2 Å². The zero-order valence-corrected chi connectivity index (χ0v) is 37.3. The molecule has 1 atom stereocenters. The van der Waals surface area contributed by atoms with Crippen LogP contribution in [-0.2, 0) is 28.6 Å². The van der Waals surface area contributed by atoms with Crippen LogP contribution in [0.1, 0.15) is 194 Å². The Morgan fingerprint density at radius 2 is 0.690 bits per heavy atom. The fraction of sp³-hybridized carbons (Fsp3) is 0.635.